The van der Waals surface area contributed by atoms with Gasteiger partial charge in [0.25, 0.3) is 5.56 Å². The average molecular weight is 435 g/mol. The van der Waals surface area contributed by atoms with Gasteiger partial charge in [0.1, 0.15) is 11.4 Å². The van der Waals surface area contributed by atoms with E-state index in [1.165, 1.54) is 22.2 Å². The fraction of sp³-hybridized carbons (Fsp3) is 0.0909. The van der Waals surface area contributed by atoms with Crippen molar-refractivity contribution in [2.45, 2.75) is 13.5 Å². The van der Waals surface area contributed by atoms with E-state index in [1.807, 2.05) is 48.7 Å². The lowest BCUT2D eigenvalue weighted by molar-refractivity contribution is 0.369. The van der Waals surface area contributed by atoms with Gasteiger partial charge in [-0.05, 0) is 24.6 Å². The number of benzene rings is 2. The van der Waals surface area contributed by atoms with Gasteiger partial charge in [-0.25, -0.2) is 4.98 Å². The van der Waals surface area contributed by atoms with E-state index in [-0.39, 0.29) is 12.1 Å². The molecular formula is C22H15ClN4O2S. The van der Waals surface area contributed by atoms with E-state index in [0.29, 0.717) is 27.0 Å². The lowest BCUT2D eigenvalue weighted by atomic mass is 10.1. The molecule has 8 heteroatoms. The van der Waals surface area contributed by atoms with Gasteiger partial charge in [0, 0.05) is 21.5 Å². The molecule has 0 amide bonds. The van der Waals surface area contributed by atoms with Crippen molar-refractivity contribution in [1.29, 1.82) is 0 Å². The first-order chi connectivity index (χ1) is 14.6. The van der Waals surface area contributed by atoms with Crippen LogP contribution in [0.25, 0.3) is 32.7 Å². The molecule has 0 aliphatic heterocycles. The maximum atomic E-state index is 13.2. The molecule has 2 aromatic carbocycles. The van der Waals surface area contributed by atoms with E-state index in [4.69, 9.17) is 16.1 Å². The molecule has 0 unspecified atom stereocenters. The van der Waals surface area contributed by atoms with Gasteiger partial charge in [-0.15, -0.1) is 11.3 Å². The van der Waals surface area contributed by atoms with Crippen LogP contribution < -0.4 is 5.56 Å². The van der Waals surface area contributed by atoms with Crippen molar-refractivity contribution in [3.8, 4) is 22.5 Å². The van der Waals surface area contributed by atoms with Crippen LogP contribution in [-0.4, -0.2) is 19.7 Å². The normalized spacial score (nSPS) is 11.3. The zero-order chi connectivity index (χ0) is 20.7. The molecule has 0 saturated heterocycles. The quantitative estimate of drug-likeness (QED) is 0.389. The van der Waals surface area contributed by atoms with E-state index >= 15 is 0 Å². The van der Waals surface area contributed by atoms with Crippen molar-refractivity contribution in [1.82, 2.24) is 19.7 Å². The van der Waals surface area contributed by atoms with Crippen molar-refractivity contribution < 1.29 is 4.52 Å². The lowest BCUT2D eigenvalue weighted by Crippen LogP contribution is -2.21. The molecule has 0 aliphatic carbocycles. The Kier molecular flexibility index (Phi) is 4.69. The smallest absolute Gasteiger partial charge is 0.263 e. The summed E-state index contributed by atoms with van der Waals surface area (Å²) in [6.45, 7) is 2.17. The van der Waals surface area contributed by atoms with E-state index in [9.17, 15) is 4.79 Å². The van der Waals surface area contributed by atoms with E-state index in [1.54, 1.807) is 12.1 Å². The zero-order valence-electron chi connectivity index (χ0n) is 15.9. The number of thiophene rings is 1. The van der Waals surface area contributed by atoms with Crippen LogP contribution in [0.2, 0.25) is 5.02 Å². The second kappa shape index (κ2) is 7.51. The molecule has 6 nitrogen and oxygen atoms in total. The number of fused-ring (bicyclic) bond motifs is 1. The lowest BCUT2D eigenvalue weighted by Gasteiger charge is -2.04. The van der Waals surface area contributed by atoms with Gasteiger partial charge in [-0.2, -0.15) is 4.98 Å². The van der Waals surface area contributed by atoms with Gasteiger partial charge < -0.3 is 4.52 Å². The average Bonchev–Trinajstić information content (AvgIpc) is 3.39. The van der Waals surface area contributed by atoms with Crippen LogP contribution in [0.1, 0.15) is 11.5 Å². The second-order valence-corrected chi connectivity index (χ2v) is 8.19. The molecule has 0 N–H and O–H groups in total. The molecule has 0 radical (unpaired) electrons. The topological polar surface area (TPSA) is 73.8 Å². The Bertz CT molecular complexity index is 1400. The highest BCUT2D eigenvalue weighted by molar-refractivity contribution is 7.17. The summed E-state index contributed by atoms with van der Waals surface area (Å²) in [6, 6.07) is 15.3. The Labute approximate surface area is 180 Å². The summed E-state index contributed by atoms with van der Waals surface area (Å²) in [4.78, 5) is 22.7. The first-order valence-corrected chi connectivity index (χ1v) is 10.5. The largest absolute Gasteiger partial charge is 0.337 e. The van der Waals surface area contributed by atoms with Crippen LogP contribution in [0, 0.1) is 6.92 Å². The number of aryl methyl sites for hydroxylation is 1. The fourth-order valence-electron chi connectivity index (χ4n) is 3.21. The third-order valence-corrected chi connectivity index (χ3v) is 5.94. The molecule has 5 aromatic rings. The second-order valence-electron chi connectivity index (χ2n) is 6.89. The SMILES string of the molecule is Cc1ccc(-c2noc(Cn3cnc4scc(-c5ccc(Cl)cc5)c4c3=O)n2)cc1. The third kappa shape index (κ3) is 3.42. The molecule has 3 aromatic heterocycles. The number of rotatable bonds is 4. The summed E-state index contributed by atoms with van der Waals surface area (Å²) >= 11 is 7.43. The molecule has 3 heterocycles. The van der Waals surface area contributed by atoms with E-state index in [2.05, 4.69) is 15.1 Å². The highest BCUT2D eigenvalue weighted by Gasteiger charge is 2.15. The minimum atomic E-state index is -0.152. The Morgan fingerprint density at radius 3 is 2.57 bits per heavy atom. The summed E-state index contributed by atoms with van der Waals surface area (Å²) in [7, 11) is 0. The van der Waals surface area contributed by atoms with Crippen LogP contribution >= 0.6 is 22.9 Å². The molecule has 0 aliphatic rings. The summed E-state index contributed by atoms with van der Waals surface area (Å²) in [5, 5.41) is 7.19. The molecule has 0 bridgehead atoms. The minimum absolute atomic E-state index is 0.149. The van der Waals surface area contributed by atoms with Crippen LogP contribution in [0.3, 0.4) is 0 Å². The standard InChI is InChI=1S/C22H15ClN4O2S/c1-13-2-4-15(5-3-13)20-25-18(29-26-20)10-27-12-24-21-19(22(27)28)17(11-30-21)14-6-8-16(23)9-7-14/h2-9,11-12H,10H2,1H3. The Balaban J connectivity index is 1.50. The predicted octanol–water partition coefficient (Wildman–Crippen LogP) is 5.19. The highest BCUT2D eigenvalue weighted by Crippen LogP contribution is 2.31. The number of nitrogens with zero attached hydrogens (tertiary/aromatic N) is 4. The van der Waals surface area contributed by atoms with Gasteiger partial charge >= 0.3 is 0 Å². The first-order valence-electron chi connectivity index (χ1n) is 9.21. The molecule has 148 valence electrons. The van der Waals surface area contributed by atoms with Crippen LogP contribution in [-0.2, 0) is 6.54 Å². The van der Waals surface area contributed by atoms with Gasteiger partial charge in [0.15, 0.2) is 0 Å². The van der Waals surface area contributed by atoms with Crippen LogP contribution in [0.15, 0.2) is 69.6 Å². The number of halogens is 1. The molecule has 0 fully saturated rings. The number of aromatic nitrogens is 4. The summed E-state index contributed by atoms with van der Waals surface area (Å²) in [5.41, 5.74) is 3.62. The van der Waals surface area contributed by atoms with E-state index in [0.717, 1.165) is 22.3 Å². The minimum Gasteiger partial charge on any atom is -0.337 e. The molecular weight excluding hydrogens is 420 g/mol. The predicted molar refractivity (Wildman–Crippen MR) is 118 cm³/mol. The van der Waals surface area contributed by atoms with Crippen molar-refractivity contribution in [2.75, 3.05) is 0 Å². The monoisotopic (exact) mass is 434 g/mol. The molecule has 0 spiro atoms. The molecule has 0 atom stereocenters. The molecule has 30 heavy (non-hydrogen) atoms. The highest BCUT2D eigenvalue weighted by atomic mass is 35.5. The van der Waals surface area contributed by atoms with Crippen LogP contribution in [0.4, 0.5) is 0 Å². The van der Waals surface area contributed by atoms with Crippen LogP contribution in [0.5, 0.6) is 0 Å². The maximum Gasteiger partial charge on any atom is 0.263 e. The number of hydrogen-bond acceptors (Lipinski definition) is 6. The first kappa shape index (κ1) is 18.7. The van der Waals surface area contributed by atoms with Gasteiger partial charge in [0.05, 0.1) is 11.7 Å². The van der Waals surface area contributed by atoms with E-state index < -0.39 is 0 Å². The van der Waals surface area contributed by atoms with Crippen molar-refractivity contribution in [2.24, 2.45) is 0 Å². The summed E-state index contributed by atoms with van der Waals surface area (Å²) in [5.74, 6) is 0.835. The van der Waals surface area contributed by atoms with Gasteiger partial charge in [0.2, 0.25) is 11.7 Å². The summed E-state index contributed by atoms with van der Waals surface area (Å²) < 4.78 is 6.86. The Morgan fingerprint density at radius 1 is 1.07 bits per heavy atom. The van der Waals surface area contributed by atoms with Crippen molar-refractivity contribution in [3.05, 3.63) is 87.1 Å². The Morgan fingerprint density at radius 2 is 1.80 bits per heavy atom. The van der Waals surface area contributed by atoms with Crippen molar-refractivity contribution in [3.63, 3.8) is 0 Å². The molecule has 0 saturated carbocycles. The molecule has 5 rings (SSSR count). The number of hydrogen-bond donors (Lipinski definition) is 0. The third-order valence-electron chi connectivity index (χ3n) is 4.80. The van der Waals surface area contributed by atoms with Crippen molar-refractivity contribution >= 4 is 33.2 Å². The summed E-state index contributed by atoms with van der Waals surface area (Å²) in [6.07, 6.45) is 1.52. The Hall–Kier alpha value is -3.29. The van der Waals surface area contributed by atoms with Gasteiger partial charge in [-0.3, -0.25) is 9.36 Å². The fourth-order valence-corrected chi connectivity index (χ4v) is 4.24. The van der Waals surface area contributed by atoms with Gasteiger partial charge in [-0.1, -0.05) is 58.7 Å². The zero-order valence-corrected chi connectivity index (χ0v) is 17.4. The maximum absolute atomic E-state index is 13.2.